The molecular formula is C15H26O4. The van der Waals surface area contributed by atoms with Gasteiger partial charge in [-0.25, -0.2) is 0 Å². The predicted octanol–water partition coefficient (Wildman–Crippen LogP) is 1.83. The maximum Gasteiger partial charge on any atom is 0.168 e. The summed E-state index contributed by atoms with van der Waals surface area (Å²) in [7, 11) is 0. The second kappa shape index (κ2) is 5.68. The molecule has 3 aliphatic rings. The molecule has 0 radical (unpaired) electrons. The van der Waals surface area contributed by atoms with Crippen LogP contribution >= 0.6 is 0 Å². The summed E-state index contributed by atoms with van der Waals surface area (Å²) in [6.45, 7) is 1.51. The zero-order valence-corrected chi connectivity index (χ0v) is 11.6. The molecule has 1 spiro atoms. The molecule has 4 nitrogen and oxygen atoms in total. The summed E-state index contributed by atoms with van der Waals surface area (Å²) in [6, 6.07) is 0. The molecule has 0 bridgehead atoms. The second-order valence-corrected chi connectivity index (χ2v) is 6.60. The van der Waals surface area contributed by atoms with Gasteiger partial charge in [0, 0.05) is 18.8 Å². The van der Waals surface area contributed by atoms with E-state index in [0.29, 0.717) is 11.8 Å². The summed E-state index contributed by atoms with van der Waals surface area (Å²) < 4.78 is 12.1. The number of rotatable bonds is 1. The van der Waals surface area contributed by atoms with Crippen LogP contribution in [0.3, 0.4) is 0 Å². The summed E-state index contributed by atoms with van der Waals surface area (Å²) in [6.07, 6.45) is 7.07. The van der Waals surface area contributed by atoms with Crippen LogP contribution in [0.4, 0.5) is 0 Å². The highest BCUT2D eigenvalue weighted by molar-refractivity contribution is 4.86. The first-order chi connectivity index (χ1) is 9.17. The minimum atomic E-state index is -0.414. The van der Waals surface area contributed by atoms with Gasteiger partial charge in [0.2, 0.25) is 0 Å². The molecule has 1 heterocycles. The normalized spacial score (nSPS) is 48.3. The van der Waals surface area contributed by atoms with Gasteiger partial charge in [-0.2, -0.15) is 0 Å². The van der Waals surface area contributed by atoms with Crippen LogP contribution in [0.1, 0.15) is 51.4 Å². The smallest absolute Gasteiger partial charge is 0.168 e. The average molecular weight is 270 g/mol. The lowest BCUT2D eigenvalue weighted by Crippen LogP contribution is -2.49. The Balaban J connectivity index is 1.51. The Morgan fingerprint density at radius 1 is 0.789 bits per heavy atom. The maximum atomic E-state index is 9.77. The van der Waals surface area contributed by atoms with Gasteiger partial charge in [0.15, 0.2) is 5.79 Å². The van der Waals surface area contributed by atoms with Gasteiger partial charge in [-0.05, 0) is 38.0 Å². The maximum absolute atomic E-state index is 9.77. The largest absolute Gasteiger partial charge is 0.393 e. The molecule has 110 valence electrons. The lowest BCUT2D eigenvalue weighted by atomic mass is 9.78. The third-order valence-electron chi connectivity index (χ3n) is 5.19. The van der Waals surface area contributed by atoms with Crippen molar-refractivity contribution in [2.45, 2.75) is 69.4 Å². The Morgan fingerprint density at radius 2 is 1.47 bits per heavy atom. The number of aliphatic hydroxyl groups is 2. The Kier molecular flexibility index (Phi) is 4.13. The van der Waals surface area contributed by atoms with Gasteiger partial charge in [0.1, 0.15) is 0 Å². The zero-order chi connectivity index (χ0) is 13.3. The molecule has 0 aromatic carbocycles. The summed E-state index contributed by atoms with van der Waals surface area (Å²) in [5, 5.41) is 19.3. The number of aliphatic hydroxyl groups excluding tert-OH is 2. The van der Waals surface area contributed by atoms with Gasteiger partial charge in [0.05, 0.1) is 25.4 Å². The number of ether oxygens (including phenoxy) is 2. The molecule has 4 heteroatoms. The fourth-order valence-corrected chi connectivity index (χ4v) is 3.84. The monoisotopic (exact) mass is 270 g/mol. The van der Waals surface area contributed by atoms with E-state index in [0.717, 1.165) is 58.2 Å². The molecule has 3 rings (SSSR count). The first-order valence-electron chi connectivity index (χ1n) is 7.81. The molecule has 2 unspecified atom stereocenters. The molecular weight excluding hydrogens is 244 g/mol. The van der Waals surface area contributed by atoms with Gasteiger partial charge in [-0.1, -0.05) is 6.42 Å². The van der Waals surface area contributed by atoms with Crippen molar-refractivity contribution < 1.29 is 19.7 Å². The van der Waals surface area contributed by atoms with E-state index in [1.54, 1.807) is 0 Å². The van der Waals surface area contributed by atoms with Crippen molar-refractivity contribution in [1.29, 1.82) is 0 Å². The van der Waals surface area contributed by atoms with E-state index in [9.17, 15) is 10.2 Å². The molecule has 2 saturated carbocycles. The van der Waals surface area contributed by atoms with Gasteiger partial charge < -0.3 is 19.7 Å². The first-order valence-corrected chi connectivity index (χ1v) is 7.81. The molecule has 0 amide bonds. The van der Waals surface area contributed by atoms with Crippen molar-refractivity contribution >= 4 is 0 Å². The second-order valence-electron chi connectivity index (χ2n) is 6.60. The average Bonchev–Trinajstić information content (AvgIpc) is 2.43. The molecule has 2 N–H and O–H groups in total. The van der Waals surface area contributed by atoms with E-state index in [-0.39, 0.29) is 12.2 Å². The highest BCUT2D eigenvalue weighted by atomic mass is 16.7. The Hall–Kier alpha value is -0.160. The van der Waals surface area contributed by atoms with Gasteiger partial charge >= 0.3 is 0 Å². The van der Waals surface area contributed by atoms with Crippen molar-refractivity contribution in [1.82, 2.24) is 0 Å². The summed E-state index contributed by atoms with van der Waals surface area (Å²) in [4.78, 5) is 0. The van der Waals surface area contributed by atoms with Gasteiger partial charge in [-0.15, -0.1) is 0 Å². The quantitative estimate of drug-likeness (QED) is 0.763. The molecule has 0 aromatic rings. The van der Waals surface area contributed by atoms with Crippen LogP contribution < -0.4 is 0 Å². The van der Waals surface area contributed by atoms with Crippen molar-refractivity contribution in [3.63, 3.8) is 0 Å². The van der Waals surface area contributed by atoms with Crippen LogP contribution in [0.2, 0.25) is 0 Å². The standard InChI is InChI=1S/C15H26O4/c16-13-4-6-15(7-5-13)18-9-12(10-19-15)11-2-1-3-14(17)8-11/h11-14,16-17H,1-10H2. The minimum Gasteiger partial charge on any atom is -0.393 e. The van der Waals surface area contributed by atoms with Crippen molar-refractivity contribution in [3.05, 3.63) is 0 Å². The van der Waals surface area contributed by atoms with Crippen LogP contribution in [0, 0.1) is 11.8 Å². The molecule has 1 saturated heterocycles. The molecule has 3 fully saturated rings. The highest BCUT2D eigenvalue weighted by Crippen LogP contribution is 2.40. The SMILES string of the molecule is OC1CCC2(CC1)OCC(C1CCCC(O)C1)CO2. The lowest BCUT2D eigenvalue weighted by molar-refractivity contribution is -0.305. The van der Waals surface area contributed by atoms with E-state index >= 15 is 0 Å². The van der Waals surface area contributed by atoms with Crippen molar-refractivity contribution in [2.24, 2.45) is 11.8 Å². The van der Waals surface area contributed by atoms with Crippen molar-refractivity contribution in [2.75, 3.05) is 13.2 Å². The van der Waals surface area contributed by atoms with Crippen LogP contribution in [-0.4, -0.2) is 41.4 Å². The summed E-state index contributed by atoms with van der Waals surface area (Å²) >= 11 is 0. The van der Waals surface area contributed by atoms with Crippen LogP contribution in [0.25, 0.3) is 0 Å². The van der Waals surface area contributed by atoms with Crippen LogP contribution in [0.15, 0.2) is 0 Å². The van der Waals surface area contributed by atoms with E-state index < -0.39 is 5.79 Å². The van der Waals surface area contributed by atoms with Gasteiger partial charge in [-0.3, -0.25) is 0 Å². The molecule has 19 heavy (non-hydrogen) atoms. The predicted molar refractivity (Wildman–Crippen MR) is 70.6 cm³/mol. The summed E-state index contributed by atoms with van der Waals surface area (Å²) in [5.41, 5.74) is 0. The van der Waals surface area contributed by atoms with E-state index in [1.165, 1.54) is 6.42 Å². The Morgan fingerprint density at radius 3 is 2.11 bits per heavy atom. The lowest BCUT2D eigenvalue weighted by Gasteiger charge is -2.45. The minimum absolute atomic E-state index is 0.125. The summed E-state index contributed by atoms with van der Waals surface area (Å²) in [5.74, 6) is 0.575. The Labute approximate surface area is 115 Å². The highest BCUT2D eigenvalue weighted by Gasteiger charge is 2.42. The third kappa shape index (κ3) is 3.13. The third-order valence-corrected chi connectivity index (χ3v) is 5.19. The topological polar surface area (TPSA) is 58.9 Å². The van der Waals surface area contributed by atoms with Crippen molar-refractivity contribution in [3.8, 4) is 0 Å². The van der Waals surface area contributed by atoms with Crippen LogP contribution in [0.5, 0.6) is 0 Å². The fourth-order valence-electron chi connectivity index (χ4n) is 3.84. The zero-order valence-electron chi connectivity index (χ0n) is 11.6. The first kappa shape index (κ1) is 13.8. The van der Waals surface area contributed by atoms with E-state index in [2.05, 4.69) is 0 Å². The number of hydrogen-bond donors (Lipinski definition) is 2. The van der Waals surface area contributed by atoms with E-state index in [4.69, 9.17) is 9.47 Å². The van der Waals surface area contributed by atoms with Gasteiger partial charge in [0.25, 0.3) is 0 Å². The number of hydrogen-bond acceptors (Lipinski definition) is 4. The molecule has 2 atom stereocenters. The Bertz CT molecular complexity index is 289. The fraction of sp³-hybridized carbons (Fsp3) is 1.00. The molecule has 1 aliphatic heterocycles. The molecule has 0 aromatic heterocycles. The van der Waals surface area contributed by atoms with E-state index in [1.807, 2.05) is 0 Å². The van der Waals surface area contributed by atoms with Crippen LogP contribution in [-0.2, 0) is 9.47 Å². The molecule has 2 aliphatic carbocycles.